The fraction of sp³-hybridized carbons (Fsp3) is 0. The van der Waals surface area contributed by atoms with Crippen LogP contribution in [0.2, 0.25) is 0 Å². The van der Waals surface area contributed by atoms with Crippen LogP contribution in [-0.4, -0.2) is 0 Å². The lowest BCUT2D eigenvalue weighted by Gasteiger charge is -2.27. The second kappa shape index (κ2) is 12.6. The van der Waals surface area contributed by atoms with E-state index in [4.69, 9.17) is 23.9 Å². The van der Waals surface area contributed by atoms with Crippen molar-refractivity contribution in [1.29, 1.82) is 0 Å². The number of benzene rings is 9. The van der Waals surface area contributed by atoms with Gasteiger partial charge in [-0.3, -0.25) is 0 Å². The van der Waals surface area contributed by atoms with Crippen LogP contribution < -0.4 is 4.90 Å². The van der Waals surface area contributed by atoms with Crippen molar-refractivity contribution < 1.29 is 32.1 Å². The summed E-state index contributed by atoms with van der Waals surface area (Å²) in [6.07, 6.45) is 0. The third-order valence-corrected chi connectivity index (χ3v) is 9.69. The molecule has 258 valence electrons. The Morgan fingerprint density at radius 3 is 1.80 bits per heavy atom. The van der Waals surface area contributed by atoms with Crippen LogP contribution in [0.5, 0.6) is 0 Å². The highest BCUT2D eigenvalue weighted by Gasteiger charge is 2.24. The predicted octanol–water partition coefficient (Wildman–Crippen LogP) is 15.1. The van der Waals surface area contributed by atoms with Crippen LogP contribution in [0.3, 0.4) is 0 Å². The van der Waals surface area contributed by atoms with Crippen LogP contribution in [-0.2, 0) is 0 Å². The Labute approximate surface area is 341 Å². The second-order valence-electron chi connectivity index (χ2n) is 12.7. The second-order valence-corrected chi connectivity index (χ2v) is 12.7. The Hall–Kier alpha value is -7.36. The van der Waals surface area contributed by atoms with E-state index in [1.807, 2.05) is 54.6 Å². The summed E-state index contributed by atoms with van der Waals surface area (Å²) in [6.45, 7) is 0. The average Bonchev–Trinajstić information content (AvgIpc) is 3.99. The van der Waals surface area contributed by atoms with E-state index in [0.29, 0.717) is 11.4 Å². The smallest absolute Gasteiger partial charge is 0.145 e. The molecule has 0 aliphatic carbocycles. The zero-order valence-corrected chi connectivity index (χ0v) is 28.5. The summed E-state index contributed by atoms with van der Waals surface area (Å²) in [7, 11) is 0. The standard InChI is InChI=1S/C52H33NO2/c1-2-16-36(17-3-1)53(37-30-28-35(29-31-37)39-23-12-15-34-14-4-5-18-38(34)39)47-33-32-45(52-50(47)46-22-9-11-27-49(46)55-52)41-20-7-6-19-40(41)43-24-13-25-44-42-21-8-10-26-48(42)54-51(43)44/h1-33H/i6D,7D,8D,9D,10D,11D,13D,19D,20D,21D,22D,24D,25D,26D,27D,32D,33D. The number of hydrogen-bond donors (Lipinski definition) is 0. The summed E-state index contributed by atoms with van der Waals surface area (Å²) in [5, 5.41) is 1.02. The van der Waals surface area contributed by atoms with Gasteiger partial charge in [0, 0.05) is 38.7 Å². The van der Waals surface area contributed by atoms with E-state index in [0.717, 1.165) is 21.9 Å². The molecule has 0 saturated heterocycles. The molecule has 3 nitrogen and oxygen atoms in total. The zero-order valence-electron chi connectivity index (χ0n) is 45.5. The Morgan fingerprint density at radius 2 is 0.982 bits per heavy atom. The summed E-state index contributed by atoms with van der Waals surface area (Å²) in [6, 6.07) is 17.9. The highest BCUT2D eigenvalue weighted by atomic mass is 16.3. The SMILES string of the molecule is [2H]c1c([2H])c([2H])c(-c2c([2H])c([2H])c(N(c3ccccc3)c3ccc(-c4cccc5ccccc45)cc3)c3c2oc2c([2H])c([2H])c([2H])c([2H])c23)c(-c2c([2H])c([2H])c([2H])c3c2oc2c([2H])c([2H])c([2H])c([2H])c23)c1[2H]. The van der Waals surface area contributed by atoms with Gasteiger partial charge >= 0.3 is 0 Å². The van der Waals surface area contributed by atoms with Crippen molar-refractivity contribution in [1.82, 2.24) is 0 Å². The molecule has 2 heterocycles. The fourth-order valence-corrected chi connectivity index (χ4v) is 7.25. The molecule has 0 aliphatic heterocycles. The van der Waals surface area contributed by atoms with Gasteiger partial charge in [-0.15, -0.1) is 0 Å². The molecule has 0 saturated carbocycles. The van der Waals surface area contributed by atoms with Crippen molar-refractivity contribution in [2.75, 3.05) is 4.90 Å². The quantitative estimate of drug-likeness (QED) is 0.171. The van der Waals surface area contributed by atoms with Crippen LogP contribution in [0.25, 0.3) is 88.0 Å². The third kappa shape index (κ3) is 5.05. The molecule has 11 aromatic rings. The van der Waals surface area contributed by atoms with Gasteiger partial charge in [0.25, 0.3) is 0 Å². The van der Waals surface area contributed by atoms with Crippen molar-refractivity contribution in [3.8, 4) is 33.4 Å². The normalized spacial score (nSPS) is 16.0. The largest absolute Gasteiger partial charge is 0.455 e. The number of fused-ring (bicyclic) bond motifs is 7. The Bertz CT molecular complexity index is 4180. The lowest BCUT2D eigenvalue weighted by Crippen LogP contribution is -2.10. The van der Waals surface area contributed by atoms with Crippen LogP contribution in [0.1, 0.15) is 23.3 Å². The fourth-order valence-electron chi connectivity index (χ4n) is 7.25. The van der Waals surface area contributed by atoms with Gasteiger partial charge in [0.15, 0.2) is 0 Å². The molecule has 0 unspecified atom stereocenters. The zero-order chi connectivity index (χ0) is 51.1. The lowest BCUT2D eigenvalue weighted by molar-refractivity contribution is 0.669. The first-order chi connectivity index (χ1) is 34.4. The van der Waals surface area contributed by atoms with E-state index in [1.165, 1.54) is 0 Å². The molecule has 3 heteroatoms. The summed E-state index contributed by atoms with van der Waals surface area (Å²) < 4.78 is 167. The number of hydrogen-bond acceptors (Lipinski definition) is 3. The number of nitrogens with zero attached hydrogens (tertiary/aromatic N) is 1. The minimum absolute atomic E-state index is 0.0924. The highest BCUT2D eigenvalue weighted by Crippen LogP contribution is 2.48. The van der Waals surface area contributed by atoms with Gasteiger partial charge in [-0.2, -0.15) is 0 Å². The Balaban J connectivity index is 1.29. The molecule has 2 aromatic heterocycles. The van der Waals surface area contributed by atoms with Gasteiger partial charge in [-0.05, 0) is 81.5 Å². The van der Waals surface area contributed by atoms with Crippen LogP contribution >= 0.6 is 0 Å². The van der Waals surface area contributed by atoms with E-state index in [2.05, 4.69) is 0 Å². The maximum Gasteiger partial charge on any atom is 0.145 e. The molecule has 9 aromatic carbocycles. The van der Waals surface area contributed by atoms with Crippen molar-refractivity contribution in [2.24, 2.45) is 0 Å². The molecule has 0 bridgehead atoms. The number of rotatable bonds is 6. The number of anilines is 3. The van der Waals surface area contributed by atoms with E-state index in [1.54, 1.807) is 47.4 Å². The van der Waals surface area contributed by atoms with E-state index in [9.17, 15) is 8.22 Å². The number of para-hydroxylation sites is 4. The van der Waals surface area contributed by atoms with Crippen molar-refractivity contribution >= 4 is 71.7 Å². The van der Waals surface area contributed by atoms with Gasteiger partial charge in [-0.25, -0.2) is 0 Å². The average molecular weight is 721 g/mol. The minimum Gasteiger partial charge on any atom is -0.455 e. The number of furan rings is 2. The summed E-state index contributed by atoms with van der Waals surface area (Å²) in [5.41, 5.74) is -1.33. The molecule has 0 N–H and O–H groups in total. The molecule has 0 radical (unpaired) electrons. The minimum atomic E-state index is -0.843. The third-order valence-electron chi connectivity index (χ3n) is 9.69. The van der Waals surface area contributed by atoms with Gasteiger partial charge in [0.2, 0.25) is 0 Å². The van der Waals surface area contributed by atoms with Crippen molar-refractivity contribution in [3.63, 3.8) is 0 Å². The molecular weight excluding hydrogens is 671 g/mol. The van der Waals surface area contributed by atoms with Crippen LogP contribution in [0.4, 0.5) is 17.1 Å². The molecular formula is C52H33NO2. The molecule has 0 fully saturated rings. The van der Waals surface area contributed by atoms with Crippen molar-refractivity contribution in [2.45, 2.75) is 0 Å². The molecule has 0 aliphatic rings. The Kier molecular flexibility index (Phi) is 4.28. The highest BCUT2D eigenvalue weighted by molar-refractivity contribution is 6.18. The van der Waals surface area contributed by atoms with Gasteiger partial charge in [-0.1, -0.05) is 151 Å². The first kappa shape index (κ1) is 18.6. The first-order valence-electron chi connectivity index (χ1n) is 25.8. The predicted molar refractivity (Wildman–Crippen MR) is 229 cm³/mol. The topological polar surface area (TPSA) is 29.5 Å². The van der Waals surface area contributed by atoms with Crippen molar-refractivity contribution in [3.05, 3.63) is 200 Å². The molecule has 11 rings (SSSR count). The van der Waals surface area contributed by atoms with E-state index >= 15 is 0 Å². The van der Waals surface area contributed by atoms with E-state index < -0.39 is 147 Å². The summed E-state index contributed by atoms with van der Waals surface area (Å²) in [5.74, 6) is 0. The van der Waals surface area contributed by atoms with E-state index in [-0.39, 0.29) is 27.2 Å². The Morgan fingerprint density at radius 1 is 0.382 bits per heavy atom. The maximum atomic E-state index is 10.0. The lowest BCUT2D eigenvalue weighted by atomic mass is 9.92. The molecule has 0 amide bonds. The van der Waals surface area contributed by atoms with Crippen LogP contribution in [0.15, 0.2) is 209 Å². The molecule has 55 heavy (non-hydrogen) atoms. The first-order valence-corrected chi connectivity index (χ1v) is 17.3. The summed E-state index contributed by atoms with van der Waals surface area (Å²) >= 11 is 0. The summed E-state index contributed by atoms with van der Waals surface area (Å²) in [4.78, 5) is 1.63. The van der Waals surface area contributed by atoms with Gasteiger partial charge < -0.3 is 13.7 Å². The van der Waals surface area contributed by atoms with Crippen LogP contribution in [0, 0.1) is 0 Å². The molecule has 0 atom stereocenters. The van der Waals surface area contributed by atoms with Gasteiger partial charge in [0.05, 0.1) is 34.4 Å². The molecule has 0 spiro atoms. The monoisotopic (exact) mass is 720 g/mol. The van der Waals surface area contributed by atoms with Gasteiger partial charge in [0.1, 0.15) is 22.3 Å². The maximum absolute atomic E-state index is 10.0.